The third-order valence-corrected chi connectivity index (χ3v) is 4.63. The monoisotopic (exact) mass is 385 g/mol. The van der Waals surface area contributed by atoms with E-state index in [1.54, 1.807) is 13.8 Å². The minimum Gasteiger partial charge on any atom is -0.465 e. The number of halogens is 3. The summed E-state index contributed by atoms with van der Waals surface area (Å²) in [6, 6.07) is 1.50. The van der Waals surface area contributed by atoms with Gasteiger partial charge in [0.25, 0.3) is 5.56 Å². The highest BCUT2D eigenvalue weighted by atomic mass is 19.3. The zero-order valence-corrected chi connectivity index (χ0v) is 14.6. The smallest absolute Gasteiger partial charge is 0.409 e. The SMILES string of the molecule is CC(C)n1c(=O)n(CC2CC(F)(F)C2)c(=O)c2cc(NC(=O)O)c(F)cc21. The molecule has 1 aromatic heterocycles. The Morgan fingerprint density at radius 2 is 1.96 bits per heavy atom. The number of amides is 1. The summed E-state index contributed by atoms with van der Waals surface area (Å²) in [4.78, 5) is 36.3. The van der Waals surface area contributed by atoms with Crippen LogP contribution in [0, 0.1) is 11.7 Å². The molecule has 146 valence electrons. The summed E-state index contributed by atoms with van der Waals surface area (Å²) in [5.74, 6) is -4.24. The maximum atomic E-state index is 14.2. The van der Waals surface area contributed by atoms with E-state index < -0.39 is 59.6 Å². The molecule has 10 heteroatoms. The molecule has 3 rings (SSSR count). The van der Waals surface area contributed by atoms with E-state index in [9.17, 15) is 27.6 Å². The fraction of sp³-hybridized carbons (Fsp3) is 0.471. The van der Waals surface area contributed by atoms with Crippen LogP contribution < -0.4 is 16.6 Å². The number of aromatic nitrogens is 2. The van der Waals surface area contributed by atoms with E-state index in [4.69, 9.17) is 5.11 Å². The van der Waals surface area contributed by atoms with Gasteiger partial charge in [0.15, 0.2) is 0 Å². The minimum absolute atomic E-state index is 0.0172. The van der Waals surface area contributed by atoms with Crippen molar-refractivity contribution in [1.82, 2.24) is 9.13 Å². The lowest BCUT2D eigenvalue weighted by molar-refractivity contribution is -0.114. The molecule has 1 aromatic carbocycles. The van der Waals surface area contributed by atoms with Crippen molar-refractivity contribution in [3.05, 3.63) is 38.8 Å². The predicted octanol–water partition coefficient (Wildman–Crippen LogP) is 3.02. The number of anilines is 1. The predicted molar refractivity (Wildman–Crippen MR) is 92.1 cm³/mol. The quantitative estimate of drug-likeness (QED) is 0.846. The summed E-state index contributed by atoms with van der Waals surface area (Å²) in [6.07, 6.45) is -2.33. The van der Waals surface area contributed by atoms with Crippen LogP contribution in [0.3, 0.4) is 0 Å². The molecular formula is C17H18F3N3O4. The number of benzene rings is 1. The van der Waals surface area contributed by atoms with Gasteiger partial charge in [0.05, 0.1) is 16.6 Å². The minimum atomic E-state index is -2.79. The standard InChI is InChI=1S/C17H18F3N3O4/c1-8(2)23-13-4-11(18)12(21-15(25)26)3-10(13)14(24)22(16(23)27)7-9-5-17(19,20)6-9/h3-4,8-9,21H,5-7H2,1-2H3,(H,25,26). The first kappa shape index (κ1) is 19.0. The molecule has 1 fully saturated rings. The number of carboxylic acid groups (broad SMARTS) is 1. The van der Waals surface area contributed by atoms with Crippen LogP contribution in [0.25, 0.3) is 10.9 Å². The number of carbonyl (C=O) groups is 1. The first-order chi connectivity index (χ1) is 12.5. The largest absolute Gasteiger partial charge is 0.465 e. The van der Waals surface area contributed by atoms with Crippen molar-refractivity contribution in [3.63, 3.8) is 0 Å². The maximum absolute atomic E-state index is 14.2. The topological polar surface area (TPSA) is 93.3 Å². The Kier molecular flexibility index (Phi) is 4.52. The van der Waals surface area contributed by atoms with Crippen LogP contribution in [0.5, 0.6) is 0 Å². The van der Waals surface area contributed by atoms with Crippen molar-refractivity contribution in [2.45, 2.75) is 45.2 Å². The van der Waals surface area contributed by atoms with Crippen LogP contribution >= 0.6 is 0 Å². The van der Waals surface area contributed by atoms with Gasteiger partial charge in [-0.1, -0.05) is 0 Å². The second-order valence-electron chi connectivity index (χ2n) is 7.07. The molecule has 1 heterocycles. The zero-order chi connectivity index (χ0) is 20.1. The zero-order valence-electron chi connectivity index (χ0n) is 14.6. The lowest BCUT2D eigenvalue weighted by Gasteiger charge is -2.35. The molecule has 0 saturated heterocycles. The Balaban J connectivity index is 2.21. The van der Waals surface area contributed by atoms with Crippen molar-refractivity contribution in [1.29, 1.82) is 0 Å². The molecule has 2 N–H and O–H groups in total. The van der Waals surface area contributed by atoms with Crippen molar-refractivity contribution in [2.75, 3.05) is 5.32 Å². The second kappa shape index (κ2) is 6.43. The number of rotatable bonds is 4. The van der Waals surface area contributed by atoms with Gasteiger partial charge in [-0.25, -0.2) is 22.8 Å². The first-order valence-electron chi connectivity index (χ1n) is 8.36. The molecule has 1 amide bonds. The maximum Gasteiger partial charge on any atom is 0.409 e. The van der Waals surface area contributed by atoms with E-state index in [0.717, 1.165) is 16.7 Å². The third kappa shape index (κ3) is 3.43. The van der Waals surface area contributed by atoms with Gasteiger partial charge >= 0.3 is 11.8 Å². The van der Waals surface area contributed by atoms with Gasteiger partial charge in [0.1, 0.15) is 5.82 Å². The number of alkyl halides is 2. The van der Waals surface area contributed by atoms with Crippen LogP contribution in [-0.2, 0) is 6.54 Å². The second-order valence-corrected chi connectivity index (χ2v) is 7.07. The molecule has 1 aliphatic rings. The normalized spacial score (nSPS) is 16.5. The molecule has 0 bridgehead atoms. The lowest BCUT2D eigenvalue weighted by atomic mass is 9.81. The third-order valence-electron chi connectivity index (χ3n) is 4.63. The Morgan fingerprint density at radius 1 is 1.33 bits per heavy atom. The van der Waals surface area contributed by atoms with Crippen LogP contribution in [-0.4, -0.2) is 26.3 Å². The molecule has 0 aliphatic heterocycles. The lowest BCUT2D eigenvalue weighted by Crippen LogP contribution is -2.46. The highest BCUT2D eigenvalue weighted by Crippen LogP contribution is 2.42. The number of hydrogen-bond donors (Lipinski definition) is 2. The summed E-state index contributed by atoms with van der Waals surface area (Å²) < 4.78 is 42.5. The van der Waals surface area contributed by atoms with Crippen molar-refractivity contribution >= 4 is 22.7 Å². The summed E-state index contributed by atoms with van der Waals surface area (Å²) in [5, 5.41) is 10.6. The summed E-state index contributed by atoms with van der Waals surface area (Å²) in [5.41, 5.74) is -1.89. The molecule has 1 aliphatic carbocycles. The summed E-state index contributed by atoms with van der Waals surface area (Å²) in [6.45, 7) is 3.15. The Hall–Kier alpha value is -2.78. The Bertz CT molecular complexity index is 1030. The van der Waals surface area contributed by atoms with Crippen LogP contribution in [0.4, 0.5) is 23.7 Å². The molecule has 2 aromatic rings. The summed E-state index contributed by atoms with van der Waals surface area (Å²) in [7, 11) is 0. The Labute approximate surface area is 151 Å². The number of nitrogens with one attached hydrogen (secondary N) is 1. The van der Waals surface area contributed by atoms with Crippen LogP contribution in [0.15, 0.2) is 21.7 Å². The molecule has 0 unspecified atom stereocenters. The molecule has 0 atom stereocenters. The highest BCUT2D eigenvalue weighted by molar-refractivity contribution is 5.89. The van der Waals surface area contributed by atoms with Gasteiger partial charge in [-0.15, -0.1) is 0 Å². The van der Waals surface area contributed by atoms with Gasteiger partial charge in [0.2, 0.25) is 5.92 Å². The molecule has 1 saturated carbocycles. The van der Waals surface area contributed by atoms with Crippen molar-refractivity contribution < 1.29 is 23.1 Å². The summed E-state index contributed by atoms with van der Waals surface area (Å²) >= 11 is 0. The molecule has 7 nitrogen and oxygen atoms in total. The van der Waals surface area contributed by atoms with E-state index in [0.29, 0.717) is 0 Å². The molecule has 0 radical (unpaired) electrons. The van der Waals surface area contributed by atoms with Gasteiger partial charge in [-0.05, 0) is 25.8 Å². The van der Waals surface area contributed by atoms with Gasteiger partial charge in [0, 0.05) is 31.5 Å². The fourth-order valence-corrected chi connectivity index (χ4v) is 3.44. The number of fused-ring (bicyclic) bond motifs is 1. The van der Waals surface area contributed by atoms with Gasteiger partial charge in [-0.3, -0.25) is 19.2 Å². The fourth-order valence-electron chi connectivity index (χ4n) is 3.44. The van der Waals surface area contributed by atoms with Crippen molar-refractivity contribution in [3.8, 4) is 0 Å². The van der Waals surface area contributed by atoms with E-state index in [1.165, 1.54) is 4.57 Å². The highest BCUT2D eigenvalue weighted by Gasteiger charge is 2.45. The number of hydrogen-bond acceptors (Lipinski definition) is 3. The van der Waals surface area contributed by atoms with E-state index in [2.05, 4.69) is 0 Å². The van der Waals surface area contributed by atoms with E-state index in [1.807, 2.05) is 5.32 Å². The average Bonchev–Trinajstić information content (AvgIpc) is 2.50. The van der Waals surface area contributed by atoms with Crippen LogP contribution in [0.1, 0.15) is 32.7 Å². The van der Waals surface area contributed by atoms with E-state index in [-0.39, 0.29) is 17.4 Å². The van der Waals surface area contributed by atoms with E-state index >= 15 is 0 Å². The molecular weight excluding hydrogens is 367 g/mol. The number of nitrogens with zero attached hydrogens (tertiary/aromatic N) is 2. The molecule has 27 heavy (non-hydrogen) atoms. The molecule has 0 spiro atoms. The van der Waals surface area contributed by atoms with Crippen LogP contribution in [0.2, 0.25) is 0 Å². The van der Waals surface area contributed by atoms with Gasteiger partial charge < -0.3 is 5.11 Å². The average molecular weight is 385 g/mol. The van der Waals surface area contributed by atoms with Crippen molar-refractivity contribution in [2.24, 2.45) is 5.92 Å². The Morgan fingerprint density at radius 3 is 2.48 bits per heavy atom. The first-order valence-corrected chi connectivity index (χ1v) is 8.36. The van der Waals surface area contributed by atoms with Gasteiger partial charge in [-0.2, -0.15) is 0 Å².